The number of carboxylic acids is 1. The summed E-state index contributed by atoms with van der Waals surface area (Å²) in [7, 11) is 0. The smallest absolute Gasteiger partial charge is 0.310 e. The molecule has 0 bridgehead atoms. The van der Waals surface area contributed by atoms with Gasteiger partial charge in [0, 0.05) is 28.2 Å². The first-order chi connectivity index (χ1) is 21.1. The number of aliphatic hydroxyl groups excluding tert-OH is 1. The molecule has 1 aliphatic rings. The SMILES string of the molecule is CC(C)CC(C(=O)O)c1ccc(NC(O)[C@@H]2N[C@@H](CC(C)(C)C)[C@](C#N)(c3ccc(Cl)cc3F)[C@H]2c2cccc(Cl)c2F)cc1. The molecule has 0 radical (unpaired) electrons. The van der Waals surface area contributed by atoms with Gasteiger partial charge in [0.1, 0.15) is 23.3 Å². The first-order valence-electron chi connectivity index (χ1n) is 14.9. The molecule has 10 heteroatoms. The van der Waals surface area contributed by atoms with Gasteiger partial charge in [-0.25, -0.2) is 8.78 Å². The number of hydrogen-bond donors (Lipinski definition) is 4. The zero-order valence-electron chi connectivity index (χ0n) is 25.9. The minimum Gasteiger partial charge on any atom is -0.481 e. The van der Waals surface area contributed by atoms with Crippen molar-refractivity contribution in [3.05, 3.63) is 99.0 Å². The monoisotopic (exact) mass is 657 g/mol. The van der Waals surface area contributed by atoms with Crippen LogP contribution >= 0.6 is 23.2 Å². The van der Waals surface area contributed by atoms with Crippen molar-refractivity contribution in [2.24, 2.45) is 11.3 Å². The molecular formula is C35H39Cl2F2N3O3. The van der Waals surface area contributed by atoms with Crippen LogP contribution in [0.15, 0.2) is 60.7 Å². The number of nitrogens with zero attached hydrogens (tertiary/aromatic N) is 1. The van der Waals surface area contributed by atoms with Gasteiger partial charge in [0.05, 0.1) is 23.1 Å². The van der Waals surface area contributed by atoms with Gasteiger partial charge in [-0.05, 0) is 65.6 Å². The third-order valence-electron chi connectivity index (χ3n) is 8.46. The van der Waals surface area contributed by atoms with E-state index in [2.05, 4.69) is 16.7 Å². The standard InChI is InChI=1S/C35H39Cl2F2N3O3/c1-19(2)15-24(33(44)45)20-9-12-22(13-10-20)41-32(43)31-29(23-7-6-8-26(37)30(23)39)35(18-40,28(42-31)17-34(3,4)5)25-14-11-21(36)16-27(25)38/h6-14,16,19,24,28-29,31-32,41-43H,15,17H2,1-5H3,(H,44,45)/t24?,28-,29-,31+,32?,35-/m0/s1. The average Bonchev–Trinajstić information content (AvgIpc) is 3.26. The summed E-state index contributed by atoms with van der Waals surface area (Å²) in [5.41, 5.74) is -0.839. The minimum atomic E-state index is -1.68. The number of halogens is 4. The molecule has 2 unspecified atom stereocenters. The first-order valence-corrected chi connectivity index (χ1v) is 15.7. The quantitative estimate of drug-likeness (QED) is 0.164. The molecule has 4 N–H and O–H groups in total. The highest BCUT2D eigenvalue weighted by Gasteiger charge is 2.60. The number of nitriles is 1. The molecule has 45 heavy (non-hydrogen) atoms. The fourth-order valence-electron chi connectivity index (χ4n) is 6.58. The third kappa shape index (κ3) is 7.28. The lowest BCUT2D eigenvalue weighted by Crippen LogP contribution is -2.45. The molecule has 6 atom stereocenters. The van der Waals surface area contributed by atoms with Gasteiger partial charge >= 0.3 is 5.97 Å². The molecule has 1 fully saturated rings. The molecule has 3 aromatic carbocycles. The van der Waals surface area contributed by atoms with E-state index in [-0.39, 0.29) is 32.5 Å². The summed E-state index contributed by atoms with van der Waals surface area (Å²) in [6.07, 6.45) is -0.541. The van der Waals surface area contributed by atoms with Crippen molar-refractivity contribution >= 4 is 34.9 Å². The van der Waals surface area contributed by atoms with Gasteiger partial charge in [-0.3, -0.25) is 4.79 Å². The van der Waals surface area contributed by atoms with Gasteiger partial charge in [-0.1, -0.05) is 88.2 Å². The normalized spacial score (nSPS) is 23.0. The highest BCUT2D eigenvalue weighted by atomic mass is 35.5. The highest BCUT2D eigenvalue weighted by molar-refractivity contribution is 6.31. The zero-order valence-corrected chi connectivity index (χ0v) is 27.4. The van der Waals surface area contributed by atoms with Crippen LogP contribution in [0.25, 0.3) is 0 Å². The Kier molecular flexibility index (Phi) is 10.5. The predicted octanol–water partition coefficient (Wildman–Crippen LogP) is 8.24. The van der Waals surface area contributed by atoms with Crippen LogP contribution < -0.4 is 10.6 Å². The molecule has 3 aromatic rings. The summed E-state index contributed by atoms with van der Waals surface area (Å²) in [4.78, 5) is 11.9. The van der Waals surface area contributed by atoms with Crippen LogP contribution in [0.2, 0.25) is 10.0 Å². The topological polar surface area (TPSA) is 105 Å². The number of hydrogen-bond acceptors (Lipinski definition) is 5. The first kappa shape index (κ1) is 34.6. The fourth-order valence-corrected chi connectivity index (χ4v) is 6.92. The molecular weight excluding hydrogens is 619 g/mol. The maximum absolute atomic E-state index is 15.9. The summed E-state index contributed by atoms with van der Waals surface area (Å²) >= 11 is 12.3. The van der Waals surface area contributed by atoms with Crippen LogP contribution in [0.3, 0.4) is 0 Å². The lowest BCUT2D eigenvalue weighted by molar-refractivity contribution is -0.139. The number of carbonyl (C=O) groups is 1. The number of anilines is 1. The molecule has 0 saturated carbocycles. The van der Waals surface area contributed by atoms with Crippen molar-refractivity contribution in [1.29, 1.82) is 5.26 Å². The van der Waals surface area contributed by atoms with E-state index >= 15 is 8.78 Å². The van der Waals surface area contributed by atoms with Crippen molar-refractivity contribution in [1.82, 2.24) is 5.32 Å². The second kappa shape index (κ2) is 13.6. The number of aliphatic hydroxyl groups is 1. The Hall–Kier alpha value is -3.22. The van der Waals surface area contributed by atoms with Gasteiger partial charge in [0.15, 0.2) is 0 Å². The van der Waals surface area contributed by atoms with E-state index in [0.29, 0.717) is 24.1 Å². The van der Waals surface area contributed by atoms with Crippen molar-refractivity contribution in [3.8, 4) is 6.07 Å². The molecule has 0 amide bonds. The Morgan fingerprint density at radius 2 is 1.78 bits per heavy atom. The molecule has 1 heterocycles. The van der Waals surface area contributed by atoms with Gasteiger partial charge in [-0.2, -0.15) is 5.26 Å². The average molecular weight is 659 g/mol. The summed E-state index contributed by atoms with van der Waals surface area (Å²) < 4.78 is 31.7. The fraction of sp³-hybridized carbons (Fsp3) is 0.429. The summed E-state index contributed by atoms with van der Waals surface area (Å²) in [5, 5.41) is 38.9. The van der Waals surface area contributed by atoms with Crippen molar-refractivity contribution in [3.63, 3.8) is 0 Å². The molecule has 0 spiro atoms. The molecule has 1 aliphatic heterocycles. The van der Waals surface area contributed by atoms with Crippen molar-refractivity contribution < 1.29 is 23.8 Å². The third-order valence-corrected chi connectivity index (χ3v) is 8.99. The van der Waals surface area contributed by atoms with Gasteiger partial charge < -0.3 is 20.8 Å². The summed E-state index contributed by atoms with van der Waals surface area (Å²) in [6, 6.07) is 15.9. The maximum Gasteiger partial charge on any atom is 0.310 e. The van der Waals surface area contributed by atoms with Crippen LogP contribution in [0.4, 0.5) is 14.5 Å². The number of carboxylic acid groups (broad SMARTS) is 1. The Balaban J connectivity index is 1.83. The lowest BCUT2D eigenvalue weighted by Gasteiger charge is -2.38. The van der Waals surface area contributed by atoms with E-state index in [4.69, 9.17) is 23.2 Å². The Bertz CT molecular complexity index is 1570. The highest BCUT2D eigenvalue weighted by Crippen LogP contribution is 2.53. The number of rotatable bonds is 10. The lowest BCUT2D eigenvalue weighted by atomic mass is 9.62. The minimum absolute atomic E-state index is 0.0319. The molecule has 4 rings (SSSR count). The molecule has 1 saturated heterocycles. The predicted molar refractivity (Wildman–Crippen MR) is 174 cm³/mol. The molecule has 240 valence electrons. The largest absolute Gasteiger partial charge is 0.481 e. The van der Waals surface area contributed by atoms with Gasteiger partial charge in [-0.15, -0.1) is 0 Å². The van der Waals surface area contributed by atoms with E-state index in [0.717, 1.165) is 6.07 Å². The van der Waals surface area contributed by atoms with E-state index in [1.807, 2.05) is 34.6 Å². The van der Waals surface area contributed by atoms with Gasteiger partial charge in [0.25, 0.3) is 0 Å². The van der Waals surface area contributed by atoms with Gasteiger partial charge in [0.2, 0.25) is 0 Å². The number of aliphatic carboxylic acids is 1. The Morgan fingerprint density at radius 1 is 1.11 bits per heavy atom. The van der Waals surface area contributed by atoms with Crippen molar-refractivity contribution in [2.45, 2.75) is 83.0 Å². The maximum atomic E-state index is 15.9. The van der Waals surface area contributed by atoms with E-state index in [9.17, 15) is 20.3 Å². The van der Waals surface area contributed by atoms with Crippen molar-refractivity contribution in [2.75, 3.05) is 5.32 Å². The number of benzene rings is 3. The molecule has 6 nitrogen and oxygen atoms in total. The van der Waals surface area contributed by atoms with Crippen LogP contribution in [0.1, 0.15) is 76.0 Å². The van der Waals surface area contributed by atoms with Crippen LogP contribution in [-0.4, -0.2) is 34.5 Å². The van der Waals surface area contributed by atoms with Crippen LogP contribution in [-0.2, 0) is 10.2 Å². The number of nitrogens with one attached hydrogen (secondary N) is 2. The van der Waals surface area contributed by atoms with E-state index < -0.39 is 53.2 Å². The zero-order chi connectivity index (χ0) is 33.3. The second-order valence-corrected chi connectivity index (χ2v) is 14.3. The summed E-state index contributed by atoms with van der Waals surface area (Å²) in [5.74, 6) is -4.01. The van der Waals surface area contributed by atoms with Crippen LogP contribution in [0.5, 0.6) is 0 Å². The van der Waals surface area contributed by atoms with E-state index in [1.165, 1.54) is 24.3 Å². The summed E-state index contributed by atoms with van der Waals surface area (Å²) in [6.45, 7) is 9.87. The second-order valence-electron chi connectivity index (χ2n) is 13.5. The molecule has 0 aliphatic carbocycles. The molecule has 0 aromatic heterocycles. The van der Waals surface area contributed by atoms with E-state index in [1.54, 1.807) is 30.3 Å². The van der Waals surface area contributed by atoms with Crippen LogP contribution in [0, 0.1) is 34.3 Å². The Labute approximate surface area is 273 Å². The Morgan fingerprint density at radius 3 is 2.33 bits per heavy atom.